The molecule has 230 valence electrons. The van der Waals surface area contributed by atoms with Crippen molar-refractivity contribution in [2.24, 2.45) is 0 Å². The molecule has 9 nitrogen and oxygen atoms in total. The van der Waals surface area contributed by atoms with E-state index in [-0.39, 0.29) is 12.2 Å². The van der Waals surface area contributed by atoms with Crippen LogP contribution in [-0.4, -0.2) is 63.4 Å². The highest BCUT2D eigenvalue weighted by Gasteiger charge is 2.50. The number of hydrogen-bond donors (Lipinski definition) is 1. The molecule has 0 spiro atoms. The Balaban J connectivity index is 1.61. The number of alkyl halides is 3. The van der Waals surface area contributed by atoms with Gasteiger partial charge in [-0.15, -0.1) is 6.58 Å². The summed E-state index contributed by atoms with van der Waals surface area (Å²) in [5.41, 5.74) is -0.983. The first kappa shape index (κ1) is 32.9. The Morgan fingerprint density at radius 3 is 2.37 bits per heavy atom. The lowest BCUT2D eigenvalue weighted by Crippen LogP contribution is -2.62. The maximum absolute atomic E-state index is 13.1. The van der Waals surface area contributed by atoms with E-state index in [2.05, 4.69) is 29.2 Å². The molecule has 43 heavy (non-hydrogen) atoms. The van der Waals surface area contributed by atoms with E-state index in [1.165, 1.54) is 18.2 Å². The molecule has 1 aliphatic rings. The van der Waals surface area contributed by atoms with E-state index in [9.17, 15) is 31.5 Å². The van der Waals surface area contributed by atoms with E-state index < -0.39 is 70.0 Å². The van der Waals surface area contributed by atoms with Crippen LogP contribution in [0.3, 0.4) is 0 Å². The van der Waals surface area contributed by atoms with Gasteiger partial charge in [0.15, 0.2) is 6.10 Å². The molecule has 4 rings (SSSR count). The highest BCUT2D eigenvalue weighted by molar-refractivity contribution is 14.1. The van der Waals surface area contributed by atoms with Gasteiger partial charge in [-0.1, -0.05) is 30.3 Å². The van der Waals surface area contributed by atoms with Crippen molar-refractivity contribution < 1.29 is 54.6 Å². The number of aliphatic hydroxyl groups excluding tert-OH is 1. The quantitative estimate of drug-likeness (QED) is 0.126. The maximum atomic E-state index is 13.1. The van der Waals surface area contributed by atoms with Gasteiger partial charge in [0.1, 0.15) is 24.1 Å². The maximum Gasteiger partial charge on any atom is 0.416 e. The van der Waals surface area contributed by atoms with Gasteiger partial charge in [-0.2, -0.15) is 21.6 Å². The smallest absolute Gasteiger partial charge is 0.416 e. The molecule has 3 aromatic rings. The Hall–Kier alpha value is -3.02. The molecule has 1 aliphatic heterocycles. The molecule has 1 heterocycles. The van der Waals surface area contributed by atoms with Crippen LogP contribution in [0.2, 0.25) is 0 Å². The van der Waals surface area contributed by atoms with Crippen molar-refractivity contribution >= 4 is 38.7 Å². The fourth-order valence-electron chi connectivity index (χ4n) is 4.08. The van der Waals surface area contributed by atoms with Crippen LogP contribution < -0.4 is 4.74 Å². The highest BCUT2D eigenvalue weighted by Crippen LogP contribution is 2.32. The third kappa shape index (κ3) is 8.55. The van der Waals surface area contributed by atoms with Gasteiger partial charge in [0.2, 0.25) is 6.29 Å². The fraction of sp³-hybridized carbons (Fsp3) is 0.276. The summed E-state index contributed by atoms with van der Waals surface area (Å²) in [7, 11) is -4.73. The van der Waals surface area contributed by atoms with E-state index in [0.29, 0.717) is 11.8 Å². The molecule has 0 amide bonds. The molecule has 0 aromatic heterocycles. The fourth-order valence-corrected chi connectivity index (χ4v) is 5.41. The van der Waals surface area contributed by atoms with Crippen molar-refractivity contribution in [1.29, 1.82) is 0 Å². The van der Waals surface area contributed by atoms with Gasteiger partial charge in [-0.3, -0.25) is 4.18 Å². The van der Waals surface area contributed by atoms with Gasteiger partial charge < -0.3 is 24.1 Å². The zero-order chi connectivity index (χ0) is 31.2. The van der Waals surface area contributed by atoms with Gasteiger partial charge in [-0.05, 0) is 77.2 Å². The second-order valence-electron chi connectivity index (χ2n) is 9.19. The van der Waals surface area contributed by atoms with Crippen LogP contribution in [0.5, 0.6) is 5.75 Å². The number of ether oxygens (including phenoxy) is 4. The van der Waals surface area contributed by atoms with Crippen LogP contribution in [0.25, 0.3) is 0 Å². The summed E-state index contributed by atoms with van der Waals surface area (Å²) in [4.78, 5) is 12.3. The van der Waals surface area contributed by atoms with Crippen LogP contribution in [0.15, 0.2) is 96.4 Å². The zero-order valence-electron chi connectivity index (χ0n) is 22.2. The molecule has 0 aliphatic carbocycles. The summed E-state index contributed by atoms with van der Waals surface area (Å²) in [6.07, 6.45) is -10.6. The van der Waals surface area contributed by atoms with E-state index >= 15 is 0 Å². The van der Waals surface area contributed by atoms with Crippen molar-refractivity contribution in [3.63, 3.8) is 0 Å². The van der Waals surface area contributed by atoms with Crippen molar-refractivity contribution in [1.82, 2.24) is 0 Å². The van der Waals surface area contributed by atoms with Gasteiger partial charge in [0.05, 0.1) is 29.2 Å². The number of esters is 1. The van der Waals surface area contributed by atoms with Gasteiger partial charge >= 0.3 is 12.1 Å². The molecular weight excluding hydrogens is 708 g/mol. The summed E-state index contributed by atoms with van der Waals surface area (Å²) in [6, 6.07) is 17.8. The molecule has 3 aromatic carbocycles. The Bertz CT molecular complexity index is 1500. The third-order valence-corrected chi connectivity index (χ3v) is 8.18. The first-order valence-corrected chi connectivity index (χ1v) is 15.2. The number of halogens is 4. The summed E-state index contributed by atoms with van der Waals surface area (Å²) in [5.74, 6) is -0.479. The minimum atomic E-state index is -4.78. The molecule has 1 N–H and O–H groups in total. The van der Waals surface area contributed by atoms with Crippen LogP contribution >= 0.6 is 22.6 Å². The largest absolute Gasteiger partial charge is 0.461 e. The number of aliphatic hydroxyl groups is 1. The van der Waals surface area contributed by atoms with Crippen molar-refractivity contribution in [2.45, 2.75) is 41.8 Å². The van der Waals surface area contributed by atoms with Crippen LogP contribution in [0, 0.1) is 3.57 Å². The third-order valence-electron chi connectivity index (χ3n) is 6.18. The zero-order valence-corrected chi connectivity index (χ0v) is 25.2. The normalized spacial score (nSPS) is 22.5. The van der Waals surface area contributed by atoms with E-state index in [0.717, 1.165) is 21.8 Å². The molecule has 1 saturated heterocycles. The average Bonchev–Trinajstić information content (AvgIpc) is 2.98. The Kier molecular flexibility index (Phi) is 10.8. The standard InChI is InChI=1S/C29H26F3IO9S/c1-2-15-38-25-24(34)23(17-39-43(36,37)22-10-6-9-19(16-22)29(30,31)32)41-28(40-21-13-11-20(33)12-14-21)26(25)42-27(35)18-7-4-3-5-8-18/h2-14,16,23-26,28,34H,1,15,17H2/t23-,24-,25+,26-,28-/m1/s1. The highest BCUT2D eigenvalue weighted by atomic mass is 127. The van der Waals surface area contributed by atoms with Crippen molar-refractivity contribution in [3.05, 3.63) is 106 Å². The summed E-state index contributed by atoms with van der Waals surface area (Å²) in [6.45, 7) is 2.65. The summed E-state index contributed by atoms with van der Waals surface area (Å²) >= 11 is 2.09. The second kappa shape index (κ2) is 14.2. The Morgan fingerprint density at radius 2 is 1.72 bits per heavy atom. The first-order valence-electron chi connectivity index (χ1n) is 12.7. The predicted molar refractivity (Wildman–Crippen MR) is 155 cm³/mol. The Labute approximate surface area is 259 Å². The topological polar surface area (TPSA) is 118 Å². The molecule has 0 saturated carbocycles. The minimum Gasteiger partial charge on any atom is -0.461 e. The molecule has 0 bridgehead atoms. The molecule has 14 heteroatoms. The van der Waals surface area contributed by atoms with Crippen LogP contribution in [0.1, 0.15) is 15.9 Å². The van der Waals surface area contributed by atoms with Crippen LogP contribution in [-0.2, 0) is 34.7 Å². The van der Waals surface area contributed by atoms with Crippen molar-refractivity contribution in [3.8, 4) is 5.75 Å². The van der Waals surface area contributed by atoms with E-state index in [1.54, 1.807) is 42.5 Å². The molecule has 0 radical (unpaired) electrons. The summed E-state index contributed by atoms with van der Waals surface area (Å²) in [5, 5.41) is 11.2. The lowest BCUT2D eigenvalue weighted by Gasteiger charge is -2.43. The minimum absolute atomic E-state index is 0.104. The number of carbonyl (C=O) groups excluding carboxylic acids is 1. The lowest BCUT2D eigenvalue weighted by atomic mass is 9.98. The molecule has 1 fully saturated rings. The van der Waals surface area contributed by atoms with E-state index in [4.69, 9.17) is 23.1 Å². The SMILES string of the molecule is C=CCO[C@H]1[C@H](O)[C@@H](COS(=O)(=O)c2cccc(C(F)(F)F)c2)O[C@@H](Oc2ccc(I)cc2)[C@@H]1OC(=O)c1ccccc1. The number of rotatable bonds is 11. The van der Waals surface area contributed by atoms with Crippen LogP contribution in [0.4, 0.5) is 13.2 Å². The van der Waals surface area contributed by atoms with Crippen molar-refractivity contribution in [2.75, 3.05) is 13.2 Å². The van der Waals surface area contributed by atoms with Gasteiger partial charge in [0, 0.05) is 3.57 Å². The van der Waals surface area contributed by atoms with Gasteiger partial charge in [0.25, 0.3) is 10.1 Å². The second-order valence-corrected chi connectivity index (χ2v) is 12.1. The molecular formula is C29H26F3IO9S. The number of hydrogen-bond acceptors (Lipinski definition) is 9. The monoisotopic (exact) mass is 734 g/mol. The van der Waals surface area contributed by atoms with E-state index in [1.807, 2.05) is 0 Å². The lowest BCUT2D eigenvalue weighted by molar-refractivity contribution is -0.282. The Morgan fingerprint density at radius 1 is 1.02 bits per heavy atom. The predicted octanol–water partition coefficient (Wildman–Crippen LogP) is 4.98. The molecule has 5 atom stereocenters. The average molecular weight is 734 g/mol. The summed E-state index contributed by atoms with van der Waals surface area (Å²) < 4.78 is 94.3. The molecule has 0 unspecified atom stereocenters. The number of benzene rings is 3. The van der Waals surface area contributed by atoms with Gasteiger partial charge in [-0.25, -0.2) is 4.79 Å². The number of carbonyl (C=O) groups is 1. The first-order chi connectivity index (χ1) is 20.4.